The molecule has 0 bridgehead atoms. The highest BCUT2D eigenvalue weighted by Gasteiger charge is 2.38. The molecule has 4 rings (SSSR count). The van der Waals surface area contributed by atoms with Crippen molar-refractivity contribution in [3.63, 3.8) is 0 Å². The van der Waals surface area contributed by atoms with Crippen LogP contribution >= 0.6 is 0 Å². The van der Waals surface area contributed by atoms with Gasteiger partial charge < -0.3 is 14.6 Å². The molecule has 1 aliphatic rings. The molecule has 2 aromatic heterocycles. The van der Waals surface area contributed by atoms with Gasteiger partial charge in [0.2, 0.25) is 5.91 Å². The molecule has 1 N–H and O–H groups in total. The van der Waals surface area contributed by atoms with Gasteiger partial charge in [0.15, 0.2) is 0 Å². The van der Waals surface area contributed by atoms with E-state index in [9.17, 15) is 4.79 Å². The van der Waals surface area contributed by atoms with Gasteiger partial charge in [0, 0.05) is 42.5 Å². The summed E-state index contributed by atoms with van der Waals surface area (Å²) in [7, 11) is 3.52. The maximum atomic E-state index is 12.5. The molecule has 1 atom stereocenters. The smallest absolute Gasteiger partial charge is 0.226 e. The van der Waals surface area contributed by atoms with Gasteiger partial charge in [-0.05, 0) is 24.3 Å². The summed E-state index contributed by atoms with van der Waals surface area (Å²) >= 11 is 0. The Morgan fingerprint density at radius 1 is 1.21 bits per heavy atom. The number of carbonyl (C=O) groups is 1. The first-order chi connectivity index (χ1) is 13.3. The number of benzene rings is 1. The molecule has 3 heterocycles. The molecule has 0 saturated heterocycles. The molecule has 1 amide bonds. The van der Waals surface area contributed by atoms with Crippen molar-refractivity contribution in [1.82, 2.24) is 19.3 Å². The molecule has 0 spiro atoms. The van der Waals surface area contributed by atoms with Gasteiger partial charge in [-0.1, -0.05) is 20.8 Å². The molecule has 3 aromatic rings. The van der Waals surface area contributed by atoms with Crippen LogP contribution in [0.5, 0.6) is 5.75 Å². The second kappa shape index (κ2) is 6.51. The van der Waals surface area contributed by atoms with Crippen molar-refractivity contribution in [1.29, 1.82) is 0 Å². The van der Waals surface area contributed by atoms with Crippen molar-refractivity contribution in [3.8, 4) is 11.4 Å². The van der Waals surface area contributed by atoms with Crippen LogP contribution < -0.4 is 10.1 Å². The number of hydrogen-bond acceptors (Lipinski definition) is 4. The molecule has 1 aromatic carbocycles. The third-order valence-corrected chi connectivity index (χ3v) is 5.12. The highest BCUT2D eigenvalue weighted by molar-refractivity contribution is 5.94. The number of rotatable bonds is 3. The number of amides is 1. The molecule has 146 valence electrons. The summed E-state index contributed by atoms with van der Waals surface area (Å²) in [6, 6.07) is 7.81. The van der Waals surface area contributed by atoms with E-state index in [1.54, 1.807) is 18.0 Å². The Labute approximate surface area is 164 Å². The number of fused-ring (bicyclic) bond motifs is 1. The maximum Gasteiger partial charge on any atom is 0.226 e. The van der Waals surface area contributed by atoms with Crippen molar-refractivity contribution in [2.45, 2.75) is 38.5 Å². The zero-order chi connectivity index (χ0) is 20.1. The van der Waals surface area contributed by atoms with Gasteiger partial charge in [-0.15, -0.1) is 0 Å². The Morgan fingerprint density at radius 2 is 1.93 bits per heavy atom. The van der Waals surface area contributed by atoms with Gasteiger partial charge in [0.1, 0.15) is 17.4 Å². The lowest BCUT2D eigenvalue weighted by Crippen LogP contribution is -2.27. The highest BCUT2D eigenvalue weighted by atomic mass is 16.5. The number of nitrogens with one attached hydrogen (secondary N) is 1. The minimum absolute atomic E-state index is 0.0229. The molecule has 7 nitrogen and oxygen atoms in total. The lowest BCUT2D eigenvalue weighted by molar-refractivity contribution is -0.116. The number of hydrogen-bond donors (Lipinski definition) is 1. The van der Waals surface area contributed by atoms with Gasteiger partial charge in [0.05, 0.1) is 18.7 Å². The summed E-state index contributed by atoms with van der Waals surface area (Å²) in [6.45, 7) is 6.41. The number of aromatic nitrogens is 4. The molecular weight excluding hydrogens is 354 g/mol. The van der Waals surface area contributed by atoms with Crippen LogP contribution in [0.3, 0.4) is 0 Å². The Hall–Kier alpha value is -3.09. The van der Waals surface area contributed by atoms with Crippen molar-refractivity contribution < 1.29 is 9.53 Å². The number of nitrogens with zero attached hydrogens (tertiary/aromatic N) is 4. The largest absolute Gasteiger partial charge is 0.497 e. The fourth-order valence-electron chi connectivity index (χ4n) is 3.80. The van der Waals surface area contributed by atoms with Crippen LogP contribution in [0.1, 0.15) is 50.2 Å². The minimum atomic E-state index is -0.163. The lowest BCUT2D eigenvalue weighted by atomic mass is 9.82. The van der Waals surface area contributed by atoms with Gasteiger partial charge in [-0.25, -0.2) is 4.98 Å². The number of methoxy groups -OCH3 is 1. The predicted molar refractivity (Wildman–Crippen MR) is 107 cm³/mol. The average molecular weight is 379 g/mol. The third kappa shape index (κ3) is 2.96. The zero-order valence-electron chi connectivity index (χ0n) is 16.9. The summed E-state index contributed by atoms with van der Waals surface area (Å²) < 4.78 is 9.06. The van der Waals surface area contributed by atoms with Crippen LogP contribution in [-0.4, -0.2) is 32.3 Å². The molecule has 1 aliphatic heterocycles. The van der Waals surface area contributed by atoms with Crippen molar-refractivity contribution in [2.75, 3.05) is 12.4 Å². The Bertz CT molecular complexity index is 1020. The number of carbonyl (C=O) groups excluding carboxylic acids is 1. The van der Waals surface area contributed by atoms with E-state index in [1.165, 1.54) is 0 Å². The predicted octanol–water partition coefficient (Wildman–Crippen LogP) is 3.39. The van der Waals surface area contributed by atoms with Crippen molar-refractivity contribution in [3.05, 3.63) is 53.7 Å². The van der Waals surface area contributed by atoms with Gasteiger partial charge in [-0.3, -0.25) is 9.48 Å². The topological polar surface area (TPSA) is 74.0 Å². The van der Waals surface area contributed by atoms with E-state index in [1.807, 2.05) is 42.1 Å². The van der Waals surface area contributed by atoms with E-state index in [2.05, 4.69) is 31.1 Å². The van der Waals surface area contributed by atoms with Gasteiger partial charge >= 0.3 is 0 Å². The fourth-order valence-corrected chi connectivity index (χ4v) is 3.80. The van der Waals surface area contributed by atoms with Crippen molar-refractivity contribution >= 4 is 11.7 Å². The summed E-state index contributed by atoms with van der Waals surface area (Å²) in [5.74, 6) is 2.20. The zero-order valence-corrected chi connectivity index (χ0v) is 16.9. The Balaban J connectivity index is 1.86. The minimum Gasteiger partial charge on any atom is -0.497 e. The molecule has 0 saturated carbocycles. The van der Waals surface area contributed by atoms with Gasteiger partial charge in [-0.2, -0.15) is 5.10 Å². The monoisotopic (exact) mass is 379 g/mol. The molecule has 28 heavy (non-hydrogen) atoms. The van der Waals surface area contributed by atoms with Crippen LogP contribution in [0, 0.1) is 0 Å². The van der Waals surface area contributed by atoms with E-state index in [0.717, 1.165) is 34.3 Å². The summed E-state index contributed by atoms with van der Waals surface area (Å²) in [6.07, 6.45) is 4.05. The Morgan fingerprint density at radius 3 is 2.57 bits per heavy atom. The molecule has 7 heteroatoms. The normalized spacial score (nSPS) is 16.6. The molecule has 0 fully saturated rings. The van der Waals surface area contributed by atoms with Crippen LogP contribution in [0.25, 0.3) is 5.69 Å². The number of anilines is 1. The van der Waals surface area contributed by atoms with E-state index in [4.69, 9.17) is 9.84 Å². The summed E-state index contributed by atoms with van der Waals surface area (Å²) in [4.78, 5) is 17.1. The van der Waals surface area contributed by atoms with Crippen molar-refractivity contribution in [2.24, 2.45) is 7.05 Å². The van der Waals surface area contributed by atoms with Crippen LogP contribution in [0.2, 0.25) is 0 Å². The Kier molecular flexibility index (Phi) is 4.25. The molecular formula is C21H25N5O2. The van der Waals surface area contributed by atoms with Crippen LogP contribution in [0.15, 0.2) is 36.7 Å². The van der Waals surface area contributed by atoms with Crippen LogP contribution in [0.4, 0.5) is 5.82 Å². The standard InChI is InChI=1S/C21H25N5O2/c1-21(2,3)18-17-15(12-16(27)23-20(17)25(4)24-18)19-22-10-11-26(19)13-6-8-14(28-5)9-7-13/h6-11,15H,12H2,1-5H3,(H,23,27). The van der Waals surface area contributed by atoms with E-state index in [0.29, 0.717) is 6.42 Å². The third-order valence-electron chi connectivity index (χ3n) is 5.12. The maximum absolute atomic E-state index is 12.5. The summed E-state index contributed by atoms with van der Waals surface area (Å²) in [5, 5.41) is 7.73. The number of imidazole rings is 1. The van der Waals surface area contributed by atoms with E-state index in [-0.39, 0.29) is 17.2 Å². The van der Waals surface area contributed by atoms with Crippen LogP contribution in [-0.2, 0) is 17.3 Å². The first-order valence-electron chi connectivity index (χ1n) is 9.34. The second-order valence-electron chi connectivity index (χ2n) is 8.14. The van der Waals surface area contributed by atoms with E-state index < -0.39 is 0 Å². The average Bonchev–Trinajstić information content (AvgIpc) is 3.26. The van der Waals surface area contributed by atoms with E-state index >= 15 is 0 Å². The van der Waals surface area contributed by atoms with Gasteiger partial charge in [0.25, 0.3) is 0 Å². The molecule has 0 radical (unpaired) electrons. The molecule has 0 aliphatic carbocycles. The highest BCUT2D eigenvalue weighted by Crippen LogP contribution is 2.42. The quantitative estimate of drug-likeness (QED) is 0.757. The first-order valence-corrected chi connectivity index (χ1v) is 9.34. The summed E-state index contributed by atoms with van der Waals surface area (Å²) in [5.41, 5.74) is 2.86. The SMILES string of the molecule is COc1ccc(-n2ccnc2C2CC(=O)Nc3c2c(C(C)(C)C)nn3C)cc1. The lowest BCUT2D eigenvalue weighted by Gasteiger charge is -2.27. The number of ether oxygens (including phenoxy) is 1. The molecule has 1 unspecified atom stereocenters. The first kappa shape index (κ1) is 18.3. The number of aryl methyl sites for hydroxylation is 1. The second-order valence-corrected chi connectivity index (χ2v) is 8.14. The fraction of sp³-hybridized carbons (Fsp3) is 0.381.